The first-order valence-corrected chi connectivity index (χ1v) is 23.6. The third-order valence-corrected chi connectivity index (χ3v) is 14.7. The lowest BCUT2D eigenvalue weighted by molar-refractivity contribution is 0.429. The summed E-state index contributed by atoms with van der Waals surface area (Å²) in [5, 5.41) is 0. The van der Waals surface area contributed by atoms with Crippen LogP contribution in [0.5, 0.6) is 11.5 Å². The van der Waals surface area contributed by atoms with Gasteiger partial charge in [-0.2, -0.15) is 0 Å². The monoisotopic (exact) mass is 879 g/mol. The van der Waals surface area contributed by atoms with Gasteiger partial charge in [-0.25, -0.2) is 9.97 Å². The number of pyridine rings is 1. The highest BCUT2D eigenvalue weighted by Crippen LogP contribution is 2.67. The highest BCUT2D eigenvalue weighted by Gasteiger charge is 2.58. The molecule has 3 heterocycles. The van der Waals surface area contributed by atoms with E-state index < -0.39 is 10.8 Å². The van der Waals surface area contributed by atoms with Crippen LogP contribution in [-0.2, 0) is 10.8 Å². The van der Waals surface area contributed by atoms with Crippen molar-refractivity contribution in [2.75, 3.05) is 0 Å². The second-order valence-corrected chi connectivity index (χ2v) is 18.1. The van der Waals surface area contributed by atoms with Crippen molar-refractivity contribution < 1.29 is 4.74 Å². The van der Waals surface area contributed by atoms with Crippen molar-refractivity contribution in [3.8, 4) is 78.9 Å². The first-order chi connectivity index (χ1) is 34.2. The number of ether oxygens (including phenoxy) is 1. The van der Waals surface area contributed by atoms with E-state index in [1.807, 2.05) is 42.6 Å². The lowest BCUT2D eigenvalue weighted by Gasteiger charge is -2.51. The smallest absolute Gasteiger partial charge is 0.160 e. The normalized spacial score (nSPS) is 13.9. The number of fused-ring (bicyclic) bond motifs is 15. The summed E-state index contributed by atoms with van der Waals surface area (Å²) in [6.07, 6.45) is 1.84. The molecule has 2 aliphatic carbocycles. The number of rotatable bonds is 5. The molecule has 0 fully saturated rings. The molecule has 0 amide bonds. The van der Waals surface area contributed by atoms with E-state index in [-0.39, 0.29) is 0 Å². The maximum absolute atomic E-state index is 6.75. The topological polar surface area (TPSA) is 47.9 Å². The van der Waals surface area contributed by atoms with E-state index in [9.17, 15) is 0 Å². The number of aromatic nitrogens is 3. The summed E-state index contributed by atoms with van der Waals surface area (Å²) < 4.78 is 6.75. The number of hydrogen-bond donors (Lipinski definition) is 0. The van der Waals surface area contributed by atoms with Crippen LogP contribution in [0.25, 0.3) is 67.4 Å². The Balaban J connectivity index is 1.02. The summed E-state index contributed by atoms with van der Waals surface area (Å²) in [6, 6.07) is 87.4. The SMILES string of the molecule is c1ccc(-c2nc(-c3cccc(-c4ccccn4)c3)cc(-c3ccccc3-c3cccc4c3-c3ccccc3C43c4ccccc4C4(c5ccccc5Oc5ccccc54)c4ccccc43)n2)cc1. The molecule has 0 saturated carbocycles. The summed E-state index contributed by atoms with van der Waals surface area (Å²) >= 11 is 0. The van der Waals surface area contributed by atoms with Gasteiger partial charge in [0, 0.05) is 39.6 Å². The third kappa shape index (κ3) is 5.60. The Morgan fingerprint density at radius 1 is 0.290 bits per heavy atom. The zero-order valence-electron chi connectivity index (χ0n) is 37.4. The van der Waals surface area contributed by atoms with Crippen molar-refractivity contribution in [3.63, 3.8) is 0 Å². The molecule has 14 rings (SSSR count). The molecule has 4 heteroatoms. The van der Waals surface area contributed by atoms with Crippen LogP contribution in [0.4, 0.5) is 0 Å². The van der Waals surface area contributed by atoms with Crippen molar-refractivity contribution in [2.24, 2.45) is 0 Å². The highest BCUT2D eigenvalue weighted by molar-refractivity contribution is 6.00. The maximum Gasteiger partial charge on any atom is 0.160 e. The van der Waals surface area contributed by atoms with Crippen LogP contribution in [-0.4, -0.2) is 15.0 Å². The van der Waals surface area contributed by atoms with Crippen LogP contribution in [0.2, 0.25) is 0 Å². The number of nitrogens with zero attached hydrogens (tertiary/aromatic N) is 3. The fourth-order valence-electron chi connectivity index (χ4n) is 12.0. The van der Waals surface area contributed by atoms with E-state index in [0.717, 1.165) is 73.1 Å². The van der Waals surface area contributed by atoms with Gasteiger partial charge in [-0.15, -0.1) is 0 Å². The Labute approximate surface area is 400 Å². The number of benzene rings is 9. The fourth-order valence-corrected chi connectivity index (χ4v) is 12.0. The van der Waals surface area contributed by atoms with Crippen molar-refractivity contribution >= 4 is 0 Å². The zero-order chi connectivity index (χ0) is 45.5. The summed E-state index contributed by atoms with van der Waals surface area (Å²) in [7, 11) is 0. The Bertz CT molecular complexity index is 3750. The molecule has 0 saturated heterocycles. The number of hydrogen-bond acceptors (Lipinski definition) is 4. The van der Waals surface area contributed by atoms with Crippen LogP contribution in [0.1, 0.15) is 44.5 Å². The van der Waals surface area contributed by atoms with E-state index >= 15 is 0 Å². The molecule has 1 aliphatic heterocycles. The standard InChI is InChI=1S/C65H41N3O/c1-2-20-42(21-3-1)63-67-58(44-23-18-22-43(40-44)57-36-16-17-39-66-57)41-59(68-63)46-25-5-4-24-45(46)47-27-19-35-56-62(47)48-26-6-7-28-49(48)64(56)50-29-8-10-31-52(50)65(53-32-11-9-30-51(53)64)54-33-12-14-37-60(54)69-61-38-15-13-34-55(61)65/h1-41H. The summed E-state index contributed by atoms with van der Waals surface area (Å²) in [4.78, 5) is 15.3. The molecule has 2 aromatic heterocycles. The van der Waals surface area contributed by atoms with E-state index in [4.69, 9.17) is 14.7 Å². The van der Waals surface area contributed by atoms with Gasteiger partial charge in [-0.3, -0.25) is 4.98 Å². The Kier molecular flexibility index (Phi) is 8.68. The van der Waals surface area contributed by atoms with Crippen molar-refractivity contribution in [3.05, 3.63) is 293 Å². The molecule has 0 unspecified atom stereocenters. The Morgan fingerprint density at radius 2 is 0.754 bits per heavy atom. The van der Waals surface area contributed by atoms with E-state index in [1.54, 1.807) is 0 Å². The first kappa shape index (κ1) is 39.2. The van der Waals surface area contributed by atoms with Gasteiger partial charge in [0.2, 0.25) is 0 Å². The molecule has 4 nitrogen and oxygen atoms in total. The van der Waals surface area contributed by atoms with E-state index in [2.05, 4.69) is 211 Å². The zero-order valence-corrected chi connectivity index (χ0v) is 37.4. The van der Waals surface area contributed by atoms with Gasteiger partial charge in [0.15, 0.2) is 5.82 Å². The van der Waals surface area contributed by atoms with Gasteiger partial charge < -0.3 is 4.74 Å². The van der Waals surface area contributed by atoms with Crippen LogP contribution in [0, 0.1) is 0 Å². The molecule has 322 valence electrons. The van der Waals surface area contributed by atoms with Crippen LogP contribution < -0.4 is 4.74 Å². The predicted molar refractivity (Wildman–Crippen MR) is 276 cm³/mol. The molecular weight excluding hydrogens is 839 g/mol. The van der Waals surface area contributed by atoms with Crippen LogP contribution in [0.3, 0.4) is 0 Å². The van der Waals surface area contributed by atoms with Gasteiger partial charge in [-0.1, -0.05) is 206 Å². The molecule has 0 atom stereocenters. The number of para-hydroxylation sites is 2. The molecule has 11 aromatic rings. The summed E-state index contributed by atoms with van der Waals surface area (Å²) in [5.74, 6) is 2.43. The van der Waals surface area contributed by atoms with E-state index in [0.29, 0.717) is 5.82 Å². The second kappa shape index (κ2) is 15.3. The molecular formula is C65H41N3O. The van der Waals surface area contributed by atoms with Gasteiger partial charge in [0.25, 0.3) is 0 Å². The van der Waals surface area contributed by atoms with E-state index in [1.165, 1.54) is 44.5 Å². The maximum atomic E-state index is 6.75. The van der Waals surface area contributed by atoms with Crippen LogP contribution >= 0.6 is 0 Å². The largest absolute Gasteiger partial charge is 0.457 e. The molecule has 0 bridgehead atoms. The lowest BCUT2D eigenvalue weighted by atomic mass is 9.51. The third-order valence-electron chi connectivity index (χ3n) is 14.7. The Hall–Kier alpha value is -8.99. The van der Waals surface area contributed by atoms with Crippen molar-refractivity contribution in [1.82, 2.24) is 15.0 Å². The minimum absolute atomic E-state index is 0.635. The van der Waals surface area contributed by atoms with Gasteiger partial charge in [0.1, 0.15) is 11.5 Å². The molecule has 9 aromatic carbocycles. The van der Waals surface area contributed by atoms with Gasteiger partial charge in [0.05, 0.1) is 27.9 Å². The quantitative estimate of drug-likeness (QED) is 0.173. The molecule has 2 spiro atoms. The molecule has 0 N–H and O–H groups in total. The summed E-state index contributed by atoms with van der Waals surface area (Å²) in [5.41, 5.74) is 20.0. The minimum Gasteiger partial charge on any atom is -0.457 e. The first-order valence-electron chi connectivity index (χ1n) is 23.6. The molecule has 69 heavy (non-hydrogen) atoms. The summed E-state index contributed by atoms with van der Waals surface area (Å²) in [6.45, 7) is 0. The molecule has 3 aliphatic rings. The Morgan fingerprint density at radius 3 is 1.41 bits per heavy atom. The fraction of sp³-hybridized carbons (Fsp3) is 0.0308. The highest BCUT2D eigenvalue weighted by atomic mass is 16.5. The lowest BCUT2D eigenvalue weighted by Crippen LogP contribution is -2.45. The average molecular weight is 880 g/mol. The molecule has 0 radical (unpaired) electrons. The van der Waals surface area contributed by atoms with Crippen molar-refractivity contribution in [2.45, 2.75) is 10.8 Å². The van der Waals surface area contributed by atoms with Gasteiger partial charge in [-0.05, 0) is 92.0 Å². The van der Waals surface area contributed by atoms with Crippen molar-refractivity contribution in [1.29, 1.82) is 0 Å². The average Bonchev–Trinajstić information content (AvgIpc) is 3.73. The van der Waals surface area contributed by atoms with Crippen LogP contribution in [0.15, 0.2) is 249 Å². The second-order valence-electron chi connectivity index (χ2n) is 18.1. The predicted octanol–water partition coefficient (Wildman–Crippen LogP) is 15.4. The van der Waals surface area contributed by atoms with Gasteiger partial charge >= 0.3 is 0 Å². The minimum atomic E-state index is -0.640.